The van der Waals surface area contributed by atoms with Gasteiger partial charge in [-0.2, -0.15) is 0 Å². The SMILES string of the molecule is CC(C)OC(=O)[C@H](C)N=C[P@](=O)(OC[C@H]1O[C@@H](n2ccc(=O)[nH]c2=S)C(C)(O)[C@H]1O)Oc1ccccc1. The highest BCUT2D eigenvalue weighted by molar-refractivity contribution is 7.71. The van der Waals surface area contributed by atoms with Gasteiger partial charge in [0, 0.05) is 12.3 Å². The molecular formula is C23H30N3O9PS. The highest BCUT2D eigenvalue weighted by Gasteiger charge is 2.53. The summed E-state index contributed by atoms with van der Waals surface area (Å²) >= 11 is 5.14. The fraction of sp³-hybridized carbons (Fsp3) is 0.478. The Kier molecular flexibility index (Phi) is 9.22. The first-order valence-corrected chi connectivity index (χ1v) is 13.5. The van der Waals surface area contributed by atoms with E-state index in [0.717, 1.165) is 5.96 Å². The molecule has 2 heterocycles. The van der Waals surface area contributed by atoms with Crippen molar-refractivity contribution < 1.29 is 38.1 Å². The molecule has 0 amide bonds. The quantitative estimate of drug-likeness (QED) is 0.172. The number of para-hydroxylation sites is 1. The van der Waals surface area contributed by atoms with Gasteiger partial charge in [-0.15, -0.1) is 0 Å². The molecule has 1 aromatic heterocycles. The van der Waals surface area contributed by atoms with Gasteiger partial charge >= 0.3 is 13.6 Å². The van der Waals surface area contributed by atoms with Gasteiger partial charge in [-0.25, -0.2) is 9.36 Å². The summed E-state index contributed by atoms with van der Waals surface area (Å²) in [5, 5.41) is 21.7. The van der Waals surface area contributed by atoms with Crippen LogP contribution in [0.1, 0.15) is 33.9 Å². The Balaban J connectivity index is 1.81. The van der Waals surface area contributed by atoms with Gasteiger partial charge in [0.15, 0.2) is 11.0 Å². The molecule has 1 aliphatic rings. The fourth-order valence-electron chi connectivity index (χ4n) is 3.45. The predicted octanol–water partition coefficient (Wildman–Crippen LogP) is 2.57. The summed E-state index contributed by atoms with van der Waals surface area (Å²) in [5.41, 5.74) is -2.29. The Morgan fingerprint density at radius 1 is 1.32 bits per heavy atom. The summed E-state index contributed by atoms with van der Waals surface area (Å²) in [6.45, 7) is 5.70. The molecule has 12 nitrogen and oxygen atoms in total. The van der Waals surface area contributed by atoms with Crippen LogP contribution in [0.2, 0.25) is 0 Å². The van der Waals surface area contributed by atoms with E-state index in [1.54, 1.807) is 44.2 Å². The summed E-state index contributed by atoms with van der Waals surface area (Å²) in [7, 11) is -4.14. The highest BCUT2D eigenvalue weighted by atomic mass is 32.1. The second-order valence-electron chi connectivity index (χ2n) is 8.88. The van der Waals surface area contributed by atoms with Crippen molar-refractivity contribution in [2.45, 2.75) is 63.9 Å². The van der Waals surface area contributed by atoms with E-state index in [2.05, 4.69) is 9.98 Å². The molecule has 202 valence electrons. The maximum Gasteiger partial charge on any atom is 0.421 e. The molecule has 0 aliphatic carbocycles. The van der Waals surface area contributed by atoms with Crippen LogP contribution in [0.15, 0.2) is 52.4 Å². The van der Waals surface area contributed by atoms with Crippen molar-refractivity contribution in [2.24, 2.45) is 4.99 Å². The van der Waals surface area contributed by atoms with Crippen LogP contribution in [0.4, 0.5) is 0 Å². The van der Waals surface area contributed by atoms with Crippen LogP contribution >= 0.6 is 19.8 Å². The average Bonchev–Trinajstić information content (AvgIpc) is 3.05. The number of aromatic amines is 1. The van der Waals surface area contributed by atoms with Gasteiger partial charge in [-0.3, -0.25) is 23.9 Å². The van der Waals surface area contributed by atoms with E-state index in [-0.39, 0.29) is 16.6 Å². The number of aromatic nitrogens is 2. The number of esters is 1. The van der Waals surface area contributed by atoms with Crippen LogP contribution in [0.25, 0.3) is 0 Å². The van der Waals surface area contributed by atoms with Gasteiger partial charge in [0.2, 0.25) is 0 Å². The molecule has 2 aromatic rings. The summed E-state index contributed by atoms with van der Waals surface area (Å²) < 4.78 is 36.9. The van der Waals surface area contributed by atoms with E-state index >= 15 is 0 Å². The van der Waals surface area contributed by atoms with Crippen molar-refractivity contribution in [2.75, 3.05) is 6.61 Å². The number of nitrogens with zero attached hydrogens (tertiary/aromatic N) is 2. The Morgan fingerprint density at radius 3 is 2.62 bits per heavy atom. The standard InChI is InChI=1S/C23H30N3O9PS/c1-14(2)33-20(29)15(3)24-13-36(31,35-16-8-6-5-7-9-16)32-12-17-19(28)23(4,30)21(34-17)26-11-10-18(27)25-22(26)37/h5-11,13-15,17,19,21,28,30H,12H2,1-4H3,(H,25,27,37)/t15-,17+,19-,21+,23?,36-/m0/s1. The molecule has 1 aromatic carbocycles. The molecule has 14 heteroatoms. The van der Waals surface area contributed by atoms with E-state index in [4.69, 9.17) is 30.7 Å². The Bertz CT molecular complexity index is 1280. The minimum absolute atomic E-state index is 0.0287. The molecule has 37 heavy (non-hydrogen) atoms. The minimum Gasteiger partial charge on any atom is -0.461 e. The second kappa shape index (κ2) is 11.8. The largest absolute Gasteiger partial charge is 0.461 e. The molecule has 1 saturated heterocycles. The van der Waals surface area contributed by atoms with Crippen LogP contribution in [0.5, 0.6) is 5.75 Å². The van der Waals surface area contributed by atoms with Crippen LogP contribution < -0.4 is 10.1 Å². The van der Waals surface area contributed by atoms with E-state index < -0.39 is 55.8 Å². The summed E-state index contributed by atoms with van der Waals surface area (Å²) in [6, 6.07) is 8.38. The first-order chi connectivity index (χ1) is 17.3. The Hall–Kier alpha value is -2.67. The van der Waals surface area contributed by atoms with Crippen molar-refractivity contribution in [1.29, 1.82) is 0 Å². The second-order valence-corrected chi connectivity index (χ2v) is 11.0. The molecule has 0 bridgehead atoms. The Labute approximate surface area is 218 Å². The molecule has 0 saturated carbocycles. The number of H-pyrrole nitrogens is 1. The molecule has 1 aliphatic heterocycles. The Morgan fingerprint density at radius 2 is 2.00 bits per heavy atom. The lowest BCUT2D eigenvalue weighted by Gasteiger charge is -2.28. The zero-order valence-corrected chi connectivity index (χ0v) is 22.4. The smallest absolute Gasteiger partial charge is 0.421 e. The number of hydrogen-bond donors (Lipinski definition) is 3. The van der Waals surface area contributed by atoms with E-state index in [0.29, 0.717) is 0 Å². The third-order valence-corrected chi connectivity index (χ3v) is 7.08. The third kappa shape index (κ3) is 7.22. The van der Waals surface area contributed by atoms with Crippen molar-refractivity contribution in [3.63, 3.8) is 0 Å². The van der Waals surface area contributed by atoms with Crippen molar-refractivity contribution in [3.05, 3.63) is 57.7 Å². The molecule has 0 radical (unpaired) electrons. The monoisotopic (exact) mass is 555 g/mol. The first-order valence-electron chi connectivity index (χ1n) is 11.4. The van der Waals surface area contributed by atoms with Gasteiger partial charge < -0.3 is 24.2 Å². The lowest BCUT2D eigenvalue weighted by atomic mass is 9.96. The normalized spacial score (nSPS) is 26.2. The van der Waals surface area contributed by atoms with E-state index in [9.17, 15) is 24.4 Å². The van der Waals surface area contributed by atoms with Crippen molar-refractivity contribution in [1.82, 2.24) is 9.55 Å². The number of aliphatic hydroxyl groups excluding tert-OH is 1. The van der Waals surface area contributed by atoms with Gasteiger partial charge in [-0.1, -0.05) is 18.2 Å². The molecule has 1 unspecified atom stereocenters. The van der Waals surface area contributed by atoms with Crippen molar-refractivity contribution in [3.8, 4) is 5.75 Å². The molecule has 0 spiro atoms. The van der Waals surface area contributed by atoms with Gasteiger partial charge in [0.05, 0.1) is 12.7 Å². The van der Waals surface area contributed by atoms with Gasteiger partial charge in [0.25, 0.3) is 5.56 Å². The van der Waals surface area contributed by atoms with Gasteiger partial charge in [-0.05, 0) is 52.0 Å². The maximum atomic E-state index is 13.6. The number of nitrogens with one attached hydrogen (secondary N) is 1. The number of aliphatic imine (C=N–C) groups is 1. The highest BCUT2D eigenvalue weighted by Crippen LogP contribution is 2.47. The molecule has 6 atom stereocenters. The maximum absolute atomic E-state index is 13.6. The van der Waals surface area contributed by atoms with Crippen LogP contribution in [0.3, 0.4) is 0 Å². The lowest BCUT2D eigenvalue weighted by molar-refractivity contribution is -0.148. The predicted molar refractivity (Wildman–Crippen MR) is 136 cm³/mol. The summed E-state index contributed by atoms with van der Waals surface area (Å²) in [4.78, 5) is 30.0. The zero-order valence-electron chi connectivity index (χ0n) is 20.7. The topological polar surface area (TPSA) is 162 Å². The van der Waals surface area contributed by atoms with Crippen LogP contribution in [-0.4, -0.2) is 68.3 Å². The van der Waals surface area contributed by atoms with Crippen LogP contribution in [-0.2, 0) is 23.4 Å². The molecular weight excluding hydrogens is 525 g/mol. The van der Waals surface area contributed by atoms with Gasteiger partial charge in [0.1, 0.15) is 35.6 Å². The molecule has 3 N–H and O–H groups in total. The number of carbonyl (C=O) groups excluding carboxylic acids is 1. The number of carbonyl (C=O) groups is 1. The summed E-state index contributed by atoms with van der Waals surface area (Å²) in [6.07, 6.45) is -2.88. The number of ether oxygens (including phenoxy) is 2. The van der Waals surface area contributed by atoms with E-state index in [1.165, 1.54) is 30.7 Å². The molecule has 1 fully saturated rings. The van der Waals surface area contributed by atoms with Crippen molar-refractivity contribution >= 4 is 31.7 Å². The number of aliphatic hydroxyl groups is 2. The third-order valence-electron chi connectivity index (χ3n) is 5.38. The molecule has 3 rings (SSSR count). The fourth-order valence-corrected chi connectivity index (χ4v) is 5.01. The number of benzene rings is 1. The number of rotatable bonds is 10. The lowest BCUT2D eigenvalue weighted by Crippen LogP contribution is -2.44. The number of hydrogen-bond acceptors (Lipinski definition) is 11. The summed E-state index contributed by atoms with van der Waals surface area (Å²) in [5.74, 6) is 0.497. The average molecular weight is 556 g/mol. The van der Waals surface area contributed by atoms with E-state index in [1.807, 2.05) is 0 Å². The minimum atomic E-state index is -4.14. The van der Waals surface area contributed by atoms with Crippen LogP contribution in [0, 0.1) is 4.77 Å². The first kappa shape index (κ1) is 28.9. The zero-order chi connectivity index (χ0) is 27.4.